The van der Waals surface area contributed by atoms with E-state index in [1.807, 2.05) is 20.8 Å². The molecule has 35 heavy (non-hydrogen) atoms. The highest BCUT2D eigenvalue weighted by molar-refractivity contribution is 5.22. The van der Waals surface area contributed by atoms with E-state index in [1.54, 1.807) is 0 Å². The fourth-order valence-corrected chi connectivity index (χ4v) is 4.43. The van der Waals surface area contributed by atoms with Gasteiger partial charge in [0.05, 0.1) is 12.4 Å². The minimum atomic E-state index is -0.498. The third-order valence-electron chi connectivity index (χ3n) is 6.79. The van der Waals surface area contributed by atoms with Crippen molar-refractivity contribution in [3.8, 4) is 11.8 Å². The van der Waals surface area contributed by atoms with E-state index in [1.165, 1.54) is 36.9 Å². The topological polar surface area (TPSA) is 104 Å². The van der Waals surface area contributed by atoms with Crippen LogP contribution in [0.5, 0.6) is 11.8 Å². The Kier molecular flexibility index (Phi) is 10.1. The molecular formula is C26H44N4O5. The Hall–Kier alpha value is -2.68. The Labute approximate surface area is 208 Å². The summed E-state index contributed by atoms with van der Waals surface area (Å²) in [5.41, 5.74) is -0.872. The lowest BCUT2D eigenvalue weighted by Crippen LogP contribution is -2.36. The summed E-state index contributed by atoms with van der Waals surface area (Å²) in [6.07, 6.45) is 10.7. The Balaban J connectivity index is 1.62. The SMILES string of the molecule is C=Cn1cc(O)n(C(C)(C)CCCCOCCCCC(C)(C)CCn2c(O)cn(CC)c2=O)c1=O. The van der Waals surface area contributed by atoms with Crippen LogP contribution in [-0.2, 0) is 23.4 Å². The van der Waals surface area contributed by atoms with Crippen LogP contribution in [0.15, 0.2) is 28.6 Å². The molecule has 2 heterocycles. The molecule has 0 amide bonds. The van der Waals surface area contributed by atoms with Crippen LogP contribution in [0.2, 0.25) is 0 Å². The van der Waals surface area contributed by atoms with Crippen molar-refractivity contribution >= 4 is 6.20 Å². The van der Waals surface area contributed by atoms with Gasteiger partial charge in [0.15, 0.2) is 0 Å². The van der Waals surface area contributed by atoms with Gasteiger partial charge in [0.1, 0.15) is 0 Å². The molecule has 0 spiro atoms. The van der Waals surface area contributed by atoms with Crippen molar-refractivity contribution in [3.63, 3.8) is 0 Å². The fourth-order valence-electron chi connectivity index (χ4n) is 4.43. The number of nitrogens with zero attached hydrogens (tertiary/aromatic N) is 4. The van der Waals surface area contributed by atoms with E-state index in [4.69, 9.17) is 4.74 Å². The number of hydrogen-bond acceptors (Lipinski definition) is 5. The number of rotatable bonds is 16. The number of aromatic hydroxyl groups is 2. The van der Waals surface area contributed by atoms with Crippen molar-refractivity contribution in [1.82, 2.24) is 18.3 Å². The molecule has 0 bridgehead atoms. The van der Waals surface area contributed by atoms with Gasteiger partial charge in [0.2, 0.25) is 11.8 Å². The molecule has 2 aromatic rings. The molecule has 9 nitrogen and oxygen atoms in total. The van der Waals surface area contributed by atoms with Gasteiger partial charge in [-0.25, -0.2) is 9.59 Å². The molecule has 2 rings (SSSR count). The molecule has 0 aliphatic carbocycles. The number of hydrogen-bond donors (Lipinski definition) is 2. The van der Waals surface area contributed by atoms with Crippen LogP contribution in [-0.4, -0.2) is 41.7 Å². The summed E-state index contributed by atoms with van der Waals surface area (Å²) < 4.78 is 11.5. The third-order valence-corrected chi connectivity index (χ3v) is 6.79. The van der Waals surface area contributed by atoms with Gasteiger partial charge < -0.3 is 14.9 Å². The first-order chi connectivity index (χ1) is 16.4. The van der Waals surface area contributed by atoms with Crippen molar-refractivity contribution in [1.29, 1.82) is 0 Å². The predicted molar refractivity (Wildman–Crippen MR) is 139 cm³/mol. The van der Waals surface area contributed by atoms with E-state index >= 15 is 0 Å². The van der Waals surface area contributed by atoms with Crippen molar-refractivity contribution < 1.29 is 14.9 Å². The van der Waals surface area contributed by atoms with E-state index in [9.17, 15) is 19.8 Å². The summed E-state index contributed by atoms with van der Waals surface area (Å²) in [6.45, 7) is 16.2. The summed E-state index contributed by atoms with van der Waals surface area (Å²) >= 11 is 0. The molecule has 0 aliphatic heterocycles. The molecule has 0 aliphatic rings. The smallest absolute Gasteiger partial charge is 0.335 e. The second-order valence-corrected chi connectivity index (χ2v) is 10.7. The second-order valence-electron chi connectivity index (χ2n) is 10.7. The first-order valence-corrected chi connectivity index (χ1v) is 12.7. The summed E-state index contributed by atoms with van der Waals surface area (Å²) in [5, 5.41) is 20.1. The molecular weight excluding hydrogens is 448 g/mol. The Morgan fingerprint density at radius 2 is 1.54 bits per heavy atom. The maximum atomic E-state index is 12.4. The second kappa shape index (κ2) is 12.3. The molecule has 2 aromatic heterocycles. The van der Waals surface area contributed by atoms with Crippen LogP contribution in [0, 0.1) is 5.41 Å². The van der Waals surface area contributed by atoms with Gasteiger partial charge in [-0.3, -0.25) is 18.3 Å². The van der Waals surface area contributed by atoms with Gasteiger partial charge in [0.25, 0.3) is 0 Å². The zero-order valence-corrected chi connectivity index (χ0v) is 22.1. The van der Waals surface area contributed by atoms with Gasteiger partial charge in [-0.15, -0.1) is 0 Å². The lowest BCUT2D eigenvalue weighted by Gasteiger charge is -2.26. The molecule has 0 atom stereocenters. The minimum absolute atomic E-state index is 0.0310. The highest BCUT2D eigenvalue weighted by atomic mass is 16.5. The average Bonchev–Trinajstić information content (AvgIpc) is 3.24. The highest BCUT2D eigenvalue weighted by Gasteiger charge is 2.26. The van der Waals surface area contributed by atoms with Gasteiger partial charge >= 0.3 is 11.4 Å². The van der Waals surface area contributed by atoms with E-state index in [0.717, 1.165) is 44.9 Å². The van der Waals surface area contributed by atoms with Crippen LogP contribution >= 0.6 is 0 Å². The Morgan fingerprint density at radius 3 is 2.09 bits per heavy atom. The lowest BCUT2D eigenvalue weighted by atomic mass is 9.84. The van der Waals surface area contributed by atoms with Crippen molar-refractivity contribution in [2.75, 3.05) is 13.2 Å². The van der Waals surface area contributed by atoms with Gasteiger partial charge in [0, 0.05) is 38.0 Å². The van der Waals surface area contributed by atoms with Gasteiger partial charge in [-0.05, 0) is 64.7 Å². The van der Waals surface area contributed by atoms with Crippen LogP contribution in [0.4, 0.5) is 0 Å². The summed E-state index contributed by atoms with van der Waals surface area (Å²) in [7, 11) is 0. The third kappa shape index (κ3) is 7.65. The number of imidazole rings is 2. The number of ether oxygens (including phenoxy) is 1. The largest absolute Gasteiger partial charge is 0.493 e. The molecule has 0 saturated carbocycles. The molecule has 0 fully saturated rings. The quantitative estimate of drug-likeness (QED) is 0.339. The first-order valence-electron chi connectivity index (χ1n) is 12.7. The van der Waals surface area contributed by atoms with Crippen molar-refractivity contribution in [2.45, 2.75) is 98.2 Å². The monoisotopic (exact) mass is 492 g/mol. The molecule has 2 N–H and O–H groups in total. The van der Waals surface area contributed by atoms with Crippen LogP contribution < -0.4 is 11.4 Å². The Morgan fingerprint density at radius 1 is 0.914 bits per heavy atom. The summed E-state index contributed by atoms with van der Waals surface area (Å²) in [6, 6.07) is 0. The number of aryl methyl sites for hydroxylation is 1. The van der Waals surface area contributed by atoms with Crippen LogP contribution in [0.25, 0.3) is 6.20 Å². The van der Waals surface area contributed by atoms with Gasteiger partial charge in [-0.1, -0.05) is 26.8 Å². The van der Waals surface area contributed by atoms with E-state index in [0.29, 0.717) is 26.3 Å². The maximum Gasteiger partial charge on any atom is 0.335 e. The lowest BCUT2D eigenvalue weighted by molar-refractivity contribution is 0.119. The summed E-state index contributed by atoms with van der Waals surface area (Å²) in [4.78, 5) is 24.6. The predicted octanol–water partition coefficient (Wildman–Crippen LogP) is 4.35. The number of unbranched alkanes of at least 4 members (excludes halogenated alkanes) is 2. The first kappa shape index (κ1) is 28.6. The van der Waals surface area contributed by atoms with Crippen LogP contribution in [0.3, 0.4) is 0 Å². The molecule has 0 aromatic carbocycles. The zero-order chi connectivity index (χ0) is 26.2. The van der Waals surface area contributed by atoms with E-state index < -0.39 is 5.54 Å². The maximum absolute atomic E-state index is 12.4. The zero-order valence-electron chi connectivity index (χ0n) is 22.1. The molecule has 9 heteroatoms. The van der Waals surface area contributed by atoms with Crippen molar-refractivity contribution in [3.05, 3.63) is 39.9 Å². The van der Waals surface area contributed by atoms with E-state index in [2.05, 4.69) is 20.4 Å². The van der Waals surface area contributed by atoms with Crippen molar-refractivity contribution in [2.24, 2.45) is 5.41 Å². The normalized spacial score (nSPS) is 12.4. The van der Waals surface area contributed by atoms with Crippen LogP contribution in [0.1, 0.15) is 79.6 Å². The van der Waals surface area contributed by atoms with E-state index in [-0.39, 0.29) is 28.6 Å². The fraction of sp³-hybridized carbons (Fsp3) is 0.692. The molecule has 198 valence electrons. The Bertz CT molecular complexity index is 1070. The summed E-state index contributed by atoms with van der Waals surface area (Å²) in [5.74, 6) is -0.0224. The molecule has 0 radical (unpaired) electrons. The minimum Gasteiger partial charge on any atom is -0.493 e. The van der Waals surface area contributed by atoms with Gasteiger partial charge in [-0.2, -0.15) is 0 Å². The molecule has 0 saturated heterocycles. The standard InChI is InChI=1S/C26H44N4O5/c1-7-27-19-21(31)29(23(27)33)16-15-25(3,4)13-9-11-17-35-18-12-10-14-26(5,6)30-22(32)20-28(8-2)24(30)34/h8,19-20,31-32H,2,7,9-18H2,1,3-6H3. The molecule has 0 unspecified atom stereocenters. The number of aromatic nitrogens is 4. The average molecular weight is 493 g/mol. The highest BCUT2D eigenvalue weighted by Crippen LogP contribution is 2.29.